The van der Waals surface area contributed by atoms with Gasteiger partial charge in [-0.05, 0) is 47.9 Å². The van der Waals surface area contributed by atoms with Gasteiger partial charge in [-0.1, -0.05) is 30.3 Å². The summed E-state index contributed by atoms with van der Waals surface area (Å²) >= 11 is 1.63. The maximum Gasteiger partial charge on any atom is 0.244 e. The fraction of sp³-hybridized carbons (Fsp3) is 0.235. The van der Waals surface area contributed by atoms with Crippen molar-refractivity contribution >= 4 is 23.3 Å². The van der Waals surface area contributed by atoms with Gasteiger partial charge in [0, 0.05) is 11.0 Å². The minimum Gasteiger partial charge on any atom is -0.346 e. The van der Waals surface area contributed by atoms with Crippen LogP contribution in [-0.4, -0.2) is 5.91 Å². The van der Waals surface area contributed by atoms with E-state index in [1.807, 2.05) is 29.7 Å². The van der Waals surface area contributed by atoms with E-state index in [2.05, 4.69) is 23.5 Å². The number of thiophene rings is 1. The van der Waals surface area contributed by atoms with E-state index in [4.69, 9.17) is 0 Å². The molecule has 3 rings (SSSR count). The Kier molecular flexibility index (Phi) is 3.97. The highest BCUT2D eigenvalue weighted by atomic mass is 32.1. The summed E-state index contributed by atoms with van der Waals surface area (Å²) in [6.07, 6.45) is 6.78. The van der Waals surface area contributed by atoms with Crippen LogP contribution in [0.5, 0.6) is 0 Å². The normalized spacial score (nSPS) is 17.9. The Morgan fingerprint density at radius 2 is 2.15 bits per heavy atom. The highest BCUT2D eigenvalue weighted by Crippen LogP contribution is 2.29. The van der Waals surface area contributed by atoms with Crippen molar-refractivity contribution < 1.29 is 4.79 Å². The monoisotopic (exact) mass is 283 g/mol. The summed E-state index contributed by atoms with van der Waals surface area (Å²) in [6.45, 7) is 0. The van der Waals surface area contributed by atoms with E-state index in [0.29, 0.717) is 0 Å². The zero-order valence-corrected chi connectivity index (χ0v) is 12.0. The summed E-state index contributed by atoms with van der Waals surface area (Å²) in [6, 6.07) is 12.5. The number of aryl methyl sites for hydroxylation is 1. The molecule has 3 heteroatoms. The van der Waals surface area contributed by atoms with Crippen molar-refractivity contribution in [2.75, 3.05) is 0 Å². The SMILES string of the molecule is O=C(/C=C/c1cccs1)NC1CCCc2ccccc21. The minimum absolute atomic E-state index is 0.0138. The van der Waals surface area contributed by atoms with Crippen molar-refractivity contribution in [1.82, 2.24) is 5.32 Å². The number of carbonyl (C=O) groups is 1. The smallest absolute Gasteiger partial charge is 0.244 e. The largest absolute Gasteiger partial charge is 0.346 e. The second kappa shape index (κ2) is 6.06. The average Bonchev–Trinajstić information content (AvgIpc) is 2.99. The Balaban J connectivity index is 1.68. The van der Waals surface area contributed by atoms with Crippen LogP contribution in [0.25, 0.3) is 6.08 Å². The zero-order valence-electron chi connectivity index (χ0n) is 11.2. The second-order valence-electron chi connectivity index (χ2n) is 5.00. The number of nitrogens with one attached hydrogen (secondary N) is 1. The van der Waals surface area contributed by atoms with Crippen LogP contribution in [0.4, 0.5) is 0 Å². The standard InChI is InChI=1S/C17H17NOS/c19-17(11-10-14-7-4-12-20-14)18-16-9-3-6-13-5-1-2-8-15(13)16/h1-2,4-5,7-8,10-12,16H,3,6,9H2,(H,18,19)/b11-10+. The van der Waals surface area contributed by atoms with Gasteiger partial charge in [-0.2, -0.15) is 0 Å². The fourth-order valence-electron chi connectivity index (χ4n) is 2.67. The summed E-state index contributed by atoms with van der Waals surface area (Å²) in [5.41, 5.74) is 2.64. The molecule has 0 saturated carbocycles. The quantitative estimate of drug-likeness (QED) is 0.849. The third kappa shape index (κ3) is 2.99. The highest BCUT2D eigenvalue weighted by molar-refractivity contribution is 7.10. The Hall–Kier alpha value is -1.87. The molecular weight excluding hydrogens is 266 g/mol. The number of carbonyl (C=O) groups excluding carboxylic acids is 1. The first-order valence-electron chi connectivity index (χ1n) is 6.93. The lowest BCUT2D eigenvalue weighted by molar-refractivity contribution is -0.117. The fourth-order valence-corrected chi connectivity index (χ4v) is 3.29. The van der Waals surface area contributed by atoms with Crippen molar-refractivity contribution in [3.63, 3.8) is 0 Å². The molecule has 1 aromatic heterocycles. The molecule has 0 saturated heterocycles. The molecule has 0 spiro atoms. The molecule has 102 valence electrons. The van der Waals surface area contributed by atoms with Gasteiger partial charge in [0.25, 0.3) is 0 Å². The van der Waals surface area contributed by atoms with E-state index in [1.54, 1.807) is 17.4 Å². The summed E-state index contributed by atoms with van der Waals surface area (Å²) in [5, 5.41) is 5.13. The predicted molar refractivity (Wildman–Crippen MR) is 83.6 cm³/mol. The van der Waals surface area contributed by atoms with Gasteiger partial charge in [-0.3, -0.25) is 4.79 Å². The molecule has 0 radical (unpaired) electrons. The molecule has 0 bridgehead atoms. The van der Waals surface area contributed by atoms with Crippen molar-refractivity contribution in [2.45, 2.75) is 25.3 Å². The maximum absolute atomic E-state index is 12.0. The van der Waals surface area contributed by atoms with E-state index < -0.39 is 0 Å². The van der Waals surface area contributed by atoms with Gasteiger partial charge in [-0.25, -0.2) is 0 Å². The van der Waals surface area contributed by atoms with E-state index in [1.165, 1.54) is 11.1 Å². The molecular formula is C17H17NOS. The van der Waals surface area contributed by atoms with E-state index >= 15 is 0 Å². The third-order valence-electron chi connectivity index (χ3n) is 3.63. The van der Waals surface area contributed by atoms with E-state index in [0.717, 1.165) is 24.1 Å². The maximum atomic E-state index is 12.0. The average molecular weight is 283 g/mol. The van der Waals surface area contributed by atoms with Gasteiger partial charge >= 0.3 is 0 Å². The lowest BCUT2D eigenvalue weighted by atomic mass is 9.88. The van der Waals surface area contributed by atoms with Crippen molar-refractivity contribution in [3.8, 4) is 0 Å². The molecule has 20 heavy (non-hydrogen) atoms. The van der Waals surface area contributed by atoms with E-state index in [-0.39, 0.29) is 11.9 Å². The van der Waals surface area contributed by atoms with Crippen molar-refractivity contribution in [3.05, 3.63) is 63.9 Å². The molecule has 1 amide bonds. The van der Waals surface area contributed by atoms with Crippen LogP contribution in [0, 0.1) is 0 Å². The number of hydrogen-bond donors (Lipinski definition) is 1. The Morgan fingerprint density at radius 1 is 1.25 bits per heavy atom. The molecule has 0 fully saturated rings. The molecule has 1 aliphatic rings. The van der Waals surface area contributed by atoms with Gasteiger partial charge in [0.1, 0.15) is 0 Å². The third-order valence-corrected chi connectivity index (χ3v) is 4.47. The van der Waals surface area contributed by atoms with Gasteiger partial charge in [0.15, 0.2) is 0 Å². The van der Waals surface area contributed by atoms with Crippen LogP contribution in [-0.2, 0) is 11.2 Å². The van der Waals surface area contributed by atoms with Crippen molar-refractivity contribution in [2.24, 2.45) is 0 Å². The Bertz CT molecular complexity index is 616. The molecule has 1 unspecified atom stereocenters. The molecule has 1 aliphatic carbocycles. The van der Waals surface area contributed by atoms with Crippen LogP contribution in [0.1, 0.15) is 34.9 Å². The molecule has 2 aromatic rings. The first kappa shape index (κ1) is 13.1. The summed E-state index contributed by atoms with van der Waals surface area (Å²) in [4.78, 5) is 13.1. The van der Waals surface area contributed by atoms with Gasteiger partial charge < -0.3 is 5.32 Å². The molecule has 1 N–H and O–H groups in total. The lowest BCUT2D eigenvalue weighted by Crippen LogP contribution is -2.29. The molecule has 1 aromatic carbocycles. The van der Waals surface area contributed by atoms with Crippen LogP contribution in [0.15, 0.2) is 47.9 Å². The number of benzene rings is 1. The van der Waals surface area contributed by atoms with Crippen molar-refractivity contribution in [1.29, 1.82) is 0 Å². The number of fused-ring (bicyclic) bond motifs is 1. The highest BCUT2D eigenvalue weighted by Gasteiger charge is 2.20. The Morgan fingerprint density at radius 3 is 3.00 bits per heavy atom. The minimum atomic E-state index is -0.0138. The van der Waals surface area contributed by atoms with Gasteiger partial charge in [0.2, 0.25) is 5.91 Å². The lowest BCUT2D eigenvalue weighted by Gasteiger charge is -2.25. The topological polar surface area (TPSA) is 29.1 Å². The molecule has 2 nitrogen and oxygen atoms in total. The first-order chi connectivity index (χ1) is 9.83. The van der Waals surface area contributed by atoms with Crippen LogP contribution in [0.2, 0.25) is 0 Å². The number of amides is 1. The summed E-state index contributed by atoms with van der Waals surface area (Å²) < 4.78 is 0. The second-order valence-corrected chi connectivity index (χ2v) is 5.98. The predicted octanol–water partition coefficient (Wildman–Crippen LogP) is 3.96. The molecule has 1 atom stereocenters. The Labute approximate surface area is 123 Å². The first-order valence-corrected chi connectivity index (χ1v) is 7.81. The summed E-state index contributed by atoms with van der Waals surface area (Å²) in [5.74, 6) is -0.0138. The van der Waals surface area contributed by atoms with Crippen LogP contribution >= 0.6 is 11.3 Å². The molecule has 1 heterocycles. The van der Waals surface area contributed by atoms with Gasteiger partial charge in [0.05, 0.1) is 6.04 Å². The zero-order chi connectivity index (χ0) is 13.8. The molecule has 0 aliphatic heterocycles. The van der Waals surface area contributed by atoms with Crippen LogP contribution < -0.4 is 5.32 Å². The van der Waals surface area contributed by atoms with Crippen LogP contribution in [0.3, 0.4) is 0 Å². The number of hydrogen-bond acceptors (Lipinski definition) is 2. The number of rotatable bonds is 3. The van der Waals surface area contributed by atoms with E-state index in [9.17, 15) is 4.79 Å². The van der Waals surface area contributed by atoms with Gasteiger partial charge in [-0.15, -0.1) is 11.3 Å². The summed E-state index contributed by atoms with van der Waals surface area (Å²) in [7, 11) is 0.